The first-order valence-electron chi connectivity index (χ1n) is 8.90. The molecule has 0 saturated heterocycles. The molecule has 1 atom stereocenters. The van der Waals surface area contributed by atoms with Crippen LogP contribution in [0.15, 0.2) is 42.5 Å². The standard InChI is InChI=1S/C20H24F2N2O4/c1-4-15(14-8-6-7-9-16(14)28-19(21)22)24-20(25)23-13-10-11-17(26-3)18(12-13)27-5-2/h6-12,15,19H,4-5H2,1-3H3,(H2,23,24,25). The second-order valence-electron chi connectivity index (χ2n) is 5.77. The van der Waals surface area contributed by atoms with Crippen LogP contribution in [-0.4, -0.2) is 26.4 Å². The summed E-state index contributed by atoms with van der Waals surface area (Å²) in [6.45, 7) is 1.19. The number of nitrogens with one attached hydrogen (secondary N) is 2. The van der Waals surface area contributed by atoms with Crippen LogP contribution in [0.5, 0.6) is 17.2 Å². The first-order chi connectivity index (χ1) is 13.5. The van der Waals surface area contributed by atoms with Crippen molar-refractivity contribution in [3.63, 3.8) is 0 Å². The number of urea groups is 1. The lowest BCUT2D eigenvalue weighted by Crippen LogP contribution is -2.32. The number of anilines is 1. The zero-order valence-corrected chi connectivity index (χ0v) is 16.0. The van der Waals surface area contributed by atoms with Gasteiger partial charge in [0.25, 0.3) is 0 Å². The molecule has 6 nitrogen and oxygen atoms in total. The molecule has 0 heterocycles. The Bertz CT molecular complexity index is 787. The Labute approximate surface area is 162 Å². The molecular weight excluding hydrogens is 370 g/mol. The van der Waals surface area contributed by atoms with Crippen LogP contribution >= 0.6 is 0 Å². The third kappa shape index (κ3) is 5.73. The van der Waals surface area contributed by atoms with E-state index in [1.165, 1.54) is 13.2 Å². The Morgan fingerprint density at radius 3 is 2.46 bits per heavy atom. The molecule has 2 aromatic rings. The Kier molecular flexibility index (Phi) is 7.86. The van der Waals surface area contributed by atoms with Gasteiger partial charge in [-0.2, -0.15) is 8.78 Å². The minimum Gasteiger partial charge on any atom is -0.493 e. The number of rotatable bonds is 9. The summed E-state index contributed by atoms with van der Waals surface area (Å²) in [7, 11) is 1.53. The summed E-state index contributed by atoms with van der Waals surface area (Å²) in [5, 5.41) is 5.49. The average Bonchev–Trinajstić information content (AvgIpc) is 2.67. The van der Waals surface area contributed by atoms with Crippen LogP contribution in [-0.2, 0) is 0 Å². The molecule has 0 aliphatic heterocycles. The molecule has 0 fully saturated rings. The van der Waals surface area contributed by atoms with Crippen molar-refractivity contribution in [1.82, 2.24) is 5.32 Å². The van der Waals surface area contributed by atoms with Crippen LogP contribution in [0.4, 0.5) is 19.3 Å². The minimum absolute atomic E-state index is 0.0349. The van der Waals surface area contributed by atoms with Crippen molar-refractivity contribution < 1.29 is 27.8 Å². The molecule has 152 valence electrons. The summed E-state index contributed by atoms with van der Waals surface area (Å²) in [5.74, 6) is 1.09. The number of amides is 2. The van der Waals surface area contributed by atoms with E-state index < -0.39 is 18.7 Å². The molecule has 0 radical (unpaired) electrons. The van der Waals surface area contributed by atoms with Crippen LogP contribution in [0.1, 0.15) is 31.9 Å². The van der Waals surface area contributed by atoms with Crippen molar-refractivity contribution in [2.24, 2.45) is 0 Å². The van der Waals surface area contributed by atoms with Gasteiger partial charge in [0, 0.05) is 17.3 Å². The number of carbonyl (C=O) groups excluding carboxylic acids is 1. The van der Waals surface area contributed by atoms with Crippen LogP contribution in [0.3, 0.4) is 0 Å². The third-order valence-corrected chi connectivity index (χ3v) is 3.95. The smallest absolute Gasteiger partial charge is 0.387 e. The van der Waals surface area contributed by atoms with Gasteiger partial charge in [-0.3, -0.25) is 0 Å². The molecular formula is C20H24F2N2O4. The van der Waals surface area contributed by atoms with Gasteiger partial charge in [-0.05, 0) is 31.5 Å². The summed E-state index contributed by atoms with van der Waals surface area (Å²) in [6, 6.07) is 10.4. The molecule has 2 aromatic carbocycles. The lowest BCUT2D eigenvalue weighted by atomic mass is 10.0. The van der Waals surface area contributed by atoms with Crippen molar-refractivity contribution in [3.8, 4) is 17.2 Å². The predicted molar refractivity (Wildman–Crippen MR) is 102 cm³/mol. The van der Waals surface area contributed by atoms with Gasteiger partial charge in [-0.1, -0.05) is 25.1 Å². The highest BCUT2D eigenvalue weighted by Gasteiger charge is 2.19. The van der Waals surface area contributed by atoms with Gasteiger partial charge < -0.3 is 24.8 Å². The van der Waals surface area contributed by atoms with E-state index in [1.807, 2.05) is 13.8 Å². The fourth-order valence-corrected chi connectivity index (χ4v) is 2.72. The van der Waals surface area contributed by atoms with E-state index in [1.54, 1.807) is 36.4 Å². The van der Waals surface area contributed by atoms with E-state index in [9.17, 15) is 13.6 Å². The van der Waals surface area contributed by atoms with Crippen molar-refractivity contribution in [3.05, 3.63) is 48.0 Å². The van der Waals surface area contributed by atoms with Gasteiger partial charge >= 0.3 is 12.6 Å². The van der Waals surface area contributed by atoms with Crippen molar-refractivity contribution in [2.45, 2.75) is 32.9 Å². The van der Waals surface area contributed by atoms with Gasteiger partial charge in [0.2, 0.25) is 0 Å². The first kappa shape index (κ1) is 21.3. The maximum Gasteiger partial charge on any atom is 0.387 e. The third-order valence-electron chi connectivity index (χ3n) is 3.95. The fraction of sp³-hybridized carbons (Fsp3) is 0.350. The number of benzene rings is 2. The molecule has 0 saturated carbocycles. The molecule has 0 spiro atoms. The number of carbonyl (C=O) groups is 1. The molecule has 0 aliphatic rings. The van der Waals surface area contributed by atoms with E-state index in [0.717, 1.165) is 0 Å². The summed E-state index contributed by atoms with van der Waals surface area (Å²) in [6.07, 6.45) is 0.490. The van der Waals surface area contributed by atoms with Crippen molar-refractivity contribution in [2.75, 3.05) is 19.0 Å². The number of hydrogen-bond acceptors (Lipinski definition) is 4. The zero-order valence-electron chi connectivity index (χ0n) is 16.0. The number of alkyl halides is 2. The first-order valence-corrected chi connectivity index (χ1v) is 8.90. The largest absolute Gasteiger partial charge is 0.493 e. The fourth-order valence-electron chi connectivity index (χ4n) is 2.72. The van der Waals surface area contributed by atoms with E-state index in [4.69, 9.17) is 9.47 Å². The molecule has 0 aliphatic carbocycles. The molecule has 0 aromatic heterocycles. The number of halogens is 2. The van der Waals surface area contributed by atoms with Gasteiger partial charge in [-0.15, -0.1) is 0 Å². The maximum absolute atomic E-state index is 12.6. The quantitative estimate of drug-likeness (QED) is 0.630. The number of ether oxygens (including phenoxy) is 3. The monoisotopic (exact) mass is 394 g/mol. The van der Waals surface area contributed by atoms with E-state index in [2.05, 4.69) is 15.4 Å². The van der Waals surface area contributed by atoms with E-state index in [0.29, 0.717) is 35.8 Å². The van der Waals surface area contributed by atoms with Crippen LogP contribution < -0.4 is 24.8 Å². The second-order valence-corrected chi connectivity index (χ2v) is 5.77. The Morgan fingerprint density at radius 1 is 1.07 bits per heavy atom. The van der Waals surface area contributed by atoms with Gasteiger partial charge in [0.1, 0.15) is 5.75 Å². The van der Waals surface area contributed by atoms with Gasteiger partial charge in [0.15, 0.2) is 11.5 Å². The van der Waals surface area contributed by atoms with Crippen LogP contribution in [0, 0.1) is 0 Å². The number of methoxy groups -OCH3 is 1. The normalized spacial score (nSPS) is 11.6. The van der Waals surface area contributed by atoms with Crippen molar-refractivity contribution >= 4 is 11.7 Å². The Balaban J connectivity index is 2.12. The number of para-hydroxylation sites is 1. The highest BCUT2D eigenvalue weighted by atomic mass is 19.3. The molecule has 2 rings (SSSR count). The lowest BCUT2D eigenvalue weighted by Gasteiger charge is -2.21. The van der Waals surface area contributed by atoms with E-state index >= 15 is 0 Å². The van der Waals surface area contributed by atoms with Gasteiger partial charge in [0.05, 0.1) is 19.8 Å². The molecule has 2 N–H and O–H groups in total. The zero-order chi connectivity index (χ0) is 20.5. The van der Waals surface area contributed by atoms with Crippen LogP contribution in [0.2, 0.25) is 0 Å². The number of hydrogen-bond donors (Lipinski definition) is 2. The highest BCUT2D eigenvalue weighted by Crippen LogP contribution is 2.31. The topological polar surface area (TPSA) is 68.8 Å². The summed E-state index contributed by atoms with van der Waals surface area (Å²) in [4.78, 5) is 12.4. The average molecular weight is 394 g/mol. The molecule has 0 bridgehead atoms. The van der Waals surface area contributed by atoms with Gasteiger partial charge in [-0.25, -0.2) is 4.79 Å². The Morgan fingerprint density at radius 2 is 1.82 bits per heavy atom. The summed E-state index contributed by atoms with van der Waals surface area (Å²) >= 11 is 0. The molecule has 28 heavy (non-hydrogen) atoms. The minimum atomic E-state index is -2.94. The lowest BCUT2D eigenvalue weighted by molar-refractivity contribution is -0.0506. The van der Waals surface area contributed by atoms with Crippen molar-refractivity contribution in [1.29, 1.82) is 0 Å². The second kappa shape index (κ2) is 10.3. The van der Waals surface area contributed by atoms with E-state index in [-0.39, 0.29) is 5.75 Å². The SMILES string of the molecule is CCOc1cc(NC(=O)NC(CC)c2ccccc2OC(F)F)ccc1OC. The molecule has 1 unspecified atom stereocenters. The summed E-state index contributed by atoms with van der Waals surface area (Å²) in [5.41, 5.74) is 0.985. The molecule has 8 heteroatoms. The highest BCUT2D eigenvalue weighted by molar-refractivity contribution is 5.90. The molecule has 2 amide bonds. The van der Waals surface area contributed by atoms with Crippen LogP contribution in [0.25, 0.3) is 0 Å². The predicted octanol–water partition coefficient (Wildman–Crippen LogP) is 4.97. The summed E-state index contributed by atoms with van der Waals surface area (Å²) < 4.78 is 40.5. The Hall–Kier alpha value is -3.03. The maximum atomic E-state index is 12.6.